The number of carbonyl (C=O) groups excluding carboxylic acids is 1. The largest absolute Gasteiger partial charge is 0.349 e. The lowest BCUT2D eigenvalue weighted by molar-refractivity contribution is 0.101. The summed E-state index contributed by atoms with van der Waals surface area (Å²) in [7, 11) is 1.95. The highest BCUT2D eigenvalue weighted by molar-refractivity contribution is 14.1. The summed E-state index contributed by atoms with van der Waals surface area (Å²) < 4.78 is 3.00. The van der Waals surface area contributed by atoms with Crippen LogP contribution in [0.15, 0.2) is 12.3 Å². The van der Waals surface area contributed by atoms with Gasteiger partial charge in [-0.3, -0.25) is 4.79 Å². The summed E-state index contributed by atoms with van der Waals surface area (Å²) in [6, 6.07) is 0. The maximum absolute atomic E-state index is 11.2. The molecule has 0 amide bonds. The number of allylic oxidation sites excluding steroid dienone is 1. The van der Waals surface area contributed by atoms with Crippen LogP contribution in [0.2, 0.25) is 0 Å². The second-order valence-corrected chi connectivity index (χ2v) is 3.99. The van der Waals surface area contributed by atoms with Crippen LogP contribution < -0.4 is 0 Å². The normalized spacial score (nSPS) is 11.1. The minimum Gasteiger partial charge on any atom is -0.349 e. The maximum atomic E-state index is 11.2. The summed E-state index contributed by atoms with van der Waals surface area (Å²) in [4.78, 5) is 11.2. The number of hydrogen-bond acceptors (Lipinski definition) is 1. The van der Waals surface area contributed by atoms with Crippen LogP contribution in [0.1, 0.15) is 29.9 Å². The van der Waals surface area contributed by atoms with Crippen molar-refractivity contribution in [3.8, 4) is 0 Å². The van der Waals surface area contributed by atoms with Crippen molar-refractivity contribution in [1.29, 1.82) is 0 Å². The highest BCUT2D eigenvalue weighted by Crippen LogP contribution is 2.20. The molecule has 70 valence electrons. The molecule has 0 radical (unpaired) electrons. The quantitative estimate of drug-likeness (QED) is 0.606. The first-order chi connectivity index (χ1) is 6.07. The van der Waals surface area contributed by atoms with E-state index < -0.39 is 0 Å². The molecule has 0 N–H and O–H groups in total. The molecular weight excluding hydrogens is 277 g/mol. The Balaban J connectivity index is 3.30. The van der Waals surface area contributed by atoms with Crippen LogP contribution in [0, 0.1) is 3.57 Å². The Bertz CT molecular complexity index is 363. The van der Waals surface area contributed by atoms with Crippen LogP contribution in [0.4, 0.5) is 0 Å². The van der Waals surface area contributed by atoms with Crippen LogP contribution in [-0.2, 0) is 7.05 Å². The molecule has 3 heteroatoms. The molecule has 1 aromatic heterocycles. The number of carbonyl (C=O) groups is 1. The Morgan fingerprint density at radius 2 is 2.23 bits per heavy atom. The van der Waals surface area contributed by atoms with E-state index in [4.69, 9.17) is 0 Å². The van der Waals surface area contributed by atoms with Crippen molar-refractivity contribution in [3.05, 3.63) is 27.1 Å². The molecule has 13 heavy (non-hydrogen) atoms. The Labute approximate surface area is 91.8 Å². The molecule has 0 saturated heterocycles. The van der Waals surface area contributed by atoms with Crippen molar-refractivity contribution < 1.29 is 4.79 Å². The molecule has 0 spiro atoms. The van der Waals surface area contributed by atoms with Crippen molar-refractivity contribution in [2.24, 2.45) is 7.05 Å². The number of hydrogen-bond donors (Lipinski definition) is 0. The molecule has 0 aromatic carbocycles. The number of rotatable bonds is 2. The van der Waals surface area contributed by atoms with Crippen molar-refractivity contribution in [3.63, 3.8) is 0 Å². The van der Waals surface area contributed by atoms with Crippen LogP contribution >= 0.6 is 22.6 Å². The Kier molecular flexibility index (Phi) is 3.30. The summed E-state index contributed by atoms with van der Waals surface area (Å²) in [5.41, 5.74) is 1.89. The van der Waals surface area contributed by atoms with Gasteiger partial charge in [-0.15, -0.1) is 0 Å². The van der Waals surface area contributed by atoms with E-state index >= 15 is 0 Å². The number of aryl methyl sites for hydroxylation is 1. The molecule has 0 aliphatic carbocycles. The number of aromatic nitrogens is 1. The molecule has 1 heterocycles. The van der Waals surface area contributed by atoms with Gasteiger partial charge >= 0.3 is 0 Å². The van der Waals surface area contributed by atoms with Crippen LogP contribution in [0.25, 0.3) is 6.08 Å². The third-order valence-electron chi connectivity index (χ3n) is 1.87. The van der Waals surface area contributed by atoms with Gasteiger partial charge in [0.15, 0.2) is 5.78 Å². The topological polar surface area (TPSA) is 22.0 Å². The lowest BCUT2D eigenvalue weighted by Gasteiger charge is -1.95. The fourth-order valence-corrected chi connectivity index (χ4v) is 2.29. The minimum atomic E-state index is 0.121. The van der Waals surface area contributed by atoms with Crippen LogP contribution in [0.3, 0.4) is 0 Å². The van der Waals surface area contributed by atoms with Crippen molar-refractivity contribution in [2.75, 3.05) is 0 Å². The first kappa shape index (κ1) is 10.5. The van der Waals surface area contributed by atoms with E-state index in [-0.39, 0.29) is 5.78 Å². The summed E-state index contributed by atoms with van der Waals surface area (Å²) in [6.45, 7) is 3.56. The Hall–Kier alpha value is -0.580. The highest BCUT2D eigenvalue weighted by atomic mass is 127. The minimum absolute atomic E-state index is 0.121. The van der Waals surface area contributed by atoms with Gasteiger partial charge in [-0.2, -0.15) is 0 Å². The maximum Gasteiger partial charge on any atom is 0.162 e. The molecule has 0 bridgehead atoms. The van der Waals surface area contributed by atoms with Gasteiger partial charge in [-0.1, -0.05) is 6.08 Å². The third-order valence-corrected chi connectivity index (χ3v) is 3.00. The van der Waals surface area contributed by atoms with Gasteiger partial charge in [0.25, 0.3) is 0 Å². The highest BCUT2D eigenvalue weighted by Gasteiger charge is 2.12. The molecular formula is C10H12INO. The second-order valence-electron chi connectivity index (χ2n) is 2.91. The van der Waals surface area contributed by atoms with Crippen molar-refractivity contribution in [1.82, 2.24) is 4.57 Å². The number of Topliss-reactive ketones (excluding diaryl/α,β-unsaturated/α-hetero) is 1. The fraction of sp³-hybridized carbons (Fsp3) is 0.300. The molecule has 1 aromatic rings. The average Bonchev–Trinajstić information content (AvgIpc) is 2.32. The standard InChI is InChI=1S/C10H12INO/c1-4-5-9-10(11)8(7(2)13)6-12(9)3/h4-6H,1-3H3/b5-4-. The van der Waals surface area contributed by atoms with Crippen molar-refractivity contribution >= 4 is 34.5 Å². The van der Waals surface area contributed by atoms with Crippen LogP contribution in [0.5, 0.6) is 0 Å². The summed E-state index contributed by atoms with van der Waals surface area (Å²) in [6.07, 6.45) is 5.86. The van der Waals surface area contributed by atoms with Crippen LogP contribution in [-0.4, -0.2) is 10.4 Å². The monoisotopic (exact) mass is 289 g/mol. The molecule has 0 aliphatic rings. The molecule has 0 aliphatic heterocycles. The number of ketones is 1. The number of nitrogens with zero attached hydrogens (tertiary/aromatic N) is 1. The molecule has 0 fully saturated rings. The lowest BCUT2D eigenvalue weighted by Crippen LogP contribution is -1.91. The molecule has 1 rings (SSSR count). The SMILES string of the molecule is C/C=C\c1c(I)c(C(C)=O)cn1C. The zero-order valence-electron chi connectivity index (χ0n) is 7.97. The van der Waals surface area contributed by atoms with Gasteiger partial charge in [0.05, 0.1) is 5.69 Å². The molecule has 0 atom stereocenters. The third kappa shape index (κ3) is 2.02. The van der Waals surface area contributed by atoms with Gasteiger partial charge < -0.3 is 4.57 Å². The summed E-state index contributed by atoms with van der Waals surface area (Å²) >= 11 is 2.21. The molecule has 0 saturated carbocycles. The van der Waals surface area contributed by atoms with E-state index in [1.54, 1.807) is 6.92 Å². The van der Waals surface area contributed by atoms with Gasteiger partial charge in [0.2, 0.25) is 0 Å². The Morgan fingerprint density at radius 3 is 2.62 bits per heavy atom. The van der Waals surface area contributed by atoms with Gasteiger partial charge in [0, 0.05) is 22.4 Å². The lowest BCUT2D eigenvalue weighted by atomic mass is 10.2. The van der Waals surface area contributed by atoms with E-state index in [0.717, 1.165) is 14.8 Å². The first-order valence-electron chi connectivity index (χ1n) is 4.06. The van der Waals surface area contributed by atoms with Gasteiger partial charge in [-0.05, 0) is 42.5 Å². The first-order valence-corrected chi connectivity index (χ1v) is 5.14. The van der Waals surface area contributed by atoms with E-state index in [0.29, 0.717) is 0 Å². The number of halogens is 1. The zero-order chi connectivity index (χ0) is 10.0. The van der Waals surface area contributed by atoms with E-state index in [1.807, 2.05) is 36.9 Å². The smallest absolute Gasteiger partial charge is 0.162 e. The summed E-state index contributed by atoms with van der Waals surface area (Å²) in [5, 5.41) is 0. The van der Waals surface area contributed by atoms with Gasteiger partial charge in [-0.25, -0.2) is 0 Å². The van der Waals surface area contributed by atoms with Crippen molar-refractivity contribution in [2.45, 2.75) is 13.8 Å². The zero-order valence-corrected chi connectivity index (χ0v) is 10.1. The predicted molar refractivity (Wildman–Crippen MR) is 62.8 cm³/mol. The van der Waals surface area contributed by atoms with E-state index in [9.17, 15) is 4.79 Å². The van der Waals surface area contributed by atoms with Gasteiger partial charge in [0.1, 0.15) is 0 Å². The van der Waals surface area contributed by atoms with E-state index in [2.05, 4.69) is 22.6 Å². The summed E-state index contributed by atoms with van der Waals surface area (Å²) in [5.74, 6) is 0.121. The molecule has 0 unspecified atom stereocenters. The average molecular weight is 289 g/mol. The predicted octanol–water partition coefficient (Wildman–Crippen LogP) is 2.87. The van der Waals surface area contributed by atoms with E-state index in [1.165, 1.54) is 0 Å². The fourth-order valence-electron chi connectivity index (χ4n) is 1.21. The second kappa shape index (κ2) is 4.09. The Morgan fingerprint density at radius 1 is 1.62 bits per heavy atom. The molecule has 2 nitrogen and oxygen atoms in total.